The van der Waals surface area contributed by atoms with Crippen LogP contribution in [0.2, 0.25) is 0 Å². The van der Waals surface area contributed by atoms with Gasteiger partial charge in [0, 0.05) is 36.0 Å². The predicted molar refractivity (Wildman–Crippen MR) is 114 cm³/mol. The van der Waals surface area contributed by atoms with E-state index in [0.29, 0.717) is 36.2 Å². The molecule has 1 fully saturated rings. The Balaban J connectivity index is 1.73. The maximum atomic E-state index is 12.9. The highest BCUT2D eigenvalue weighted by Gasteiger charge is 2.31. The van der Waals surface area contributed by atoms with Crippen molar-refractivity contribution in [3.8, 4) is 0 Å². The first-order chi connectivity index (χ1) is 14.1. The highest BCUT2D eigenvalue weighted by atomic mass is 32.2. The van der Waals surface area contributed by atoms with Crippen molar-refractivity contribution >= 4 is 27.3 Å². The molecule has 1 saturated heterocycles. The van der Waals surface area contributed by atoms with Gasteiger partial charge in [0.2, 0.25) is 10.0 Å². The number of amides is 1. The Kier molecular flexibility index (Phi) is 6.23. The first-order valence-corrected chi connectivity index (χ1v) is 11.2. The lowest BCUT2D eigenvalue weighted by Gasteiger charge is -2.34. The molecule has 0 aromatic heterocycles. The molecule has 3 rings (SSSR count). The fourth-order valence-electron chi connectivity index (χ4n) is 3.87. The second-order valence-electron chi connectivity index (χ2n) is 8.00. The molecule has 0 bridgehead atoms. The largest absolute Gasteiger partial charge is 0.322 e. The van der Waals surface area contributed by atoms with Crippen LogP contribution >= 0.6 is 0 Å². The van der Waals surface area contributed by atoms with Crippen LogP contribution in [0.5, 0.6) is 0 Å². The Morgan fingerprint density at radius 2 is 1.70 bits per heavy atom. The van der Waals surface area contributed by atoms with Gasteiger partial charge in [0.1, 0.15) is 0 Å². The minimum Gasteiger partial charge on any atom is -0.322 e. The first-order valence-electron chi connectivity index (χ1n) is 9.74. The molecule has 0 radical (unpaired) electrons. The number of sulfonamides is 1. The zero-order valence-corrected chi connectivity index (χ0v) is 18.0. The molecule has 30 heavy (non-hydrogen) atoms. The number of hydrogen-bond donors (Lipinski definition) is 1. The third-order valence-corrected chi connectivity index (χ3v) is 7.09. The number of rotatable bonds is 5. The molecule has 160 valence electrons. The summed E-state index contributed by atoms with van der Waals surface area (Å²) >= 11 is 0. The van der Waals surface area contributed by atoms with Gasteiger partial charge in [-0.3, -0.25) is 14.9 Å². The summed E-state index contributed by atoms with van der Waals surface area (Å²) in [5, 5.41) is 13.6. The number of carbonyl (C=O) groups is 1. The van der Waals surface area contributed by atoms with Crippen LogP contribution in [-0.2, 0) is 10.0 Å². The molecule has 1 aliphatic rings. The summed E-state index contributed by atoms with van der Waals surface area (Å²) in [6.45, 7) is 6.68. The lowest BCUT2D eigenvalue weighted by atomic mass is 9.94. The number of carbonyl (C=O) groups excluding carboxylic acids is 1. The second kappa shape index (κ2) is 8.53. The Morgan fingerprint density at radius 3 is 2.23 bits per heavy atom. The smallest absolute Gasteiger partial charge is 0.272 e. The monoisotopic (exact) mass is 431 g/mol. The third-order valence-electron chi connectivity index (χ3n) is 5.24. The minimum atomic E-state index is -3.59. The molecule has 8 nitrogen and oxygen atoms in total. The number of anilines is 1. The van der Waals surface area contributed by atoms with Crippen LogP contribution in [0.25, 0.3) is 0 Å². The summed E-state index contributed by atoms with van der Waals surface area (Å²) in [7, 11) is -3.59. The van der Waals surface area contributed by atoms with Crippen molar-refractivity contribution in [1.29, 1.82) is 0 Å². The third kappa shape index (κ3) is 4.68. The topological polar surface area (TPSA) is 110 Å². The van der Waals surface area contributed by atoms with E-state index in [-0.39, 0.29) is 16.1 Å². The number of benzene rings is 2. The van der Waals surface area contributed by atoms with E-state index in [4.69, 9.17) is 0 Å². The van der Waals surface area contributed by atoms with Gasteiger partial charge in [-0.1, -0.05) is 13.8 Å². The highest BCUT2D eigenvalue weighted by Crippen LogP contribution is 2.27. The number of nitrogens with one attached hydrogen (secondary N) is 1. The van der Waals surface area contributed by atoms with Crippen LogP contribution in [0, 0.1) is 28.9 Å². The van der Waals surface area contributed by atoms with Gasteiger partial charge in [-0.25, -0.2) is 8.42 Å². The lowest BCUT2D eigenvalue weighted by molar-refractivity contribution is -0.385. The molecule has 9 heteroatoms. The summed E-state index contributed by atoms with van der Waals surface area (Å²) in [4.78, 5) is 23.0. The van der Waals surface area contributed by atoms with Crippen LogP contribution in [0.3, 0.4) is 0 Å². The Hall–Kier alpha value is -2.78. The minimum absolute atomic E-state index is 0.0533. The van der Waals surface area contributed by atoms with Crippen molar-refractivity contribution in [3.63, 3.8) is 0 Å². The Bertz CT molecular complexity index is 1060. The summed E-state index contributed by atoms with van der Waals surface area (Å²) in [6, 6.07) is 10.2. The number of nitrogens with zero attached hydrogens (tertiary/aromatic N) is 2. The second-order valence-corrected chi connectivity index (χ2v) is 9.94. The number of aryl methyl sites for hydroxylation is 1. The predicted octanol–water partition coefficient (Wildman–Crippen LogP) is 3.82. The maximum absolute atomic E-state index is 12.9. The van der Waals surface area contributed by atoms with E-state index in [1.165, 1.54) is 34.6 Å². The molecule has 1 N–H and O–H groups in total. The fourth-order valence-corrected chi connectivity index (χ4v) is 5.55. The zero-order chi connectivity index (χ0) is 22.1. The van der Waals surface area contributed by atoms with E-state index in [9.17, 15) is 23.3 Å². The van der Waals surface area contributed by atoms with Crippen molar-refractivity contribution in [2.75, 3.05) is 18.4 Å². The molecule has 0 aliphatic carbocycles. The molecular weight excluding hydrogens is 406 g/mol. The van der Waals surface area contributed by atoms with Crippen LogP contribution in [-0.4, -0.2) is 36.6 Å². The van der Waals surface area contributed by atoms with E-state index < -0.39 is 20.9 Å². The van der Waals surface area contributed by atoms with E-state index in [1.807, 2.05) is 0 Å². The van der Waals surface area contributed by atoms with Crippen molar-refractivity contribution in [3.05, 3.63) is 63.7 Å². The average molecular weight is 432 g/mol. The number of hydrogen-bond acceptors (Lipinski definition) is 5. The standard InChI is InChI=1S/C21H25N3O5S/c1-14-10-15(2)13-23(12-14)30(28,29)19-7-5-18(6-8-19)22-21(25)17-4-9-20(24(26)27)16(3)11-17/h4-9,11,14-15H,10,12-13H2,1-3H3,(H,22,25)/t14-,15+. The van der Waals surface area contributed by atoms with Gasteiger partial charge in [-0.15, -0.1) is 0 Å². The number of nitro groups is 1. The SMILES string of the molecule is Cc1cc(C(=O)Nc2ccc(S(=O)(=O)N3C[C@H](C)C[C@H](C)C3)cc2)ccc1[N+](=O)[O-]. The molecule has 1 aliphatic heterocycles. The lowest BCUT2D eigenvalue weighted by Crippen LogP contribution is -2.42. The molecule has 2 aromatic rings. The van der Waals surface area contributed by atoms with Crippen LogP contribution in [0.1, 0.15) is 36.2 Å². The number of nitro benzene ring substituents is 1. The Labute approximate surface area is 176 Å². The fraction of sp³-hybridized carbons (Fsp3) is 0.381. The molecule has 2 atom stereocenters. The van der Waals surface area contributed by atoms with Crippen LogP contribution < -0.4 is 5.32 Å². The van der Waals surface area contributed by atoms with Gasteiger partial charge in [0.25, 0.3) is 11.6 Å². The molecule has 2 aromatic carbocycles. The quantitative estimate of drug-likeness (QED) is 0.572. The zero-order valence-electron chi connectivity index (χ0n) is 17.2. The normalized spacial score (nSPS) is 20.0. The molecule has 0 unspecified atom stereocenters. The summed E-state index contributed by atoms with van der Waals surface area (Å²) < 4.78 is 27.4. The summed E-state index contributed by atoms with van der Waals surface area (Å²) in [5.74, 6) is 0.196. The van der Waals surface area contributed by atoms with Gasteiger partial charge in [-0.2, -0.15) is 4.31 Å². The van der Waals surface area contributed by atoms with E-state index in [2.05, 4.69) is 19.2 Å². The van der Waals surface area contributed by atoms with Gasteiger partial charge < -0.3 is 5.32 Å². The van der Waals surface area contributed by atoms with E-state index in [1.54, 1.807) is 19.1 Å². The maximum Gasteiger partial charge on any atom is 0.272 e. The molecular formula is C21H25N3O5S. The molecule has 0 saturated carbocycles. The van der Waals surface area contributed by atoms with Gasteiger partial charge in [0.15, 0.2) is 0 Å². The Morgan fingerprint density at radius 1 is 1.10 bits per heavy atom. The first kappa shape index (κ1) is 21.9. The van der Waals surface area contributed by atoms with Crippen molar-refractivity contribution in [2.24, 2.45) is 11.8 Å². The van der Waals surface area contributed by atoms with E-state index in [0.717, 1.165) is 6.42 Å². The van der Waals surface area contributed by atoms with E-state index >= 15 is 0 Å². The van der Waals surface area contributed by atoms with Crippen molar-refractivity contribution in [1.82, 2.24) is 4.31 Å². The van der Waals surface area contributed by atoms with Crippen molar-refractivity contribution < 1.29 is 18.1 Å². The summed E-state index contributed by atoms with van der Waals surface area (Å²) in [5.41, 5.74) is 1.06. The molecule has 0 spiro atoms. The van der Waals surface area contributed by atoms with Crippen molar-refractivity contribution in [2.45, 2.75) is 32.1 Å². The van der Waals surface area contributed by atoms with Gasteiger partial charge in [0.05, 0.1) is 9.82 Å². The van der Waals surface area contributed by atoms with Crippen LogP contribution in [0.15, 0.2) is 47.4 Å². The summed E-state index contributed by atoms with van der Waals surface area (Å²) in [6.07, 6.45) is 1.01. The number of piperidine rings is 1. The molecule has 1 heterocycles. The molecule has 1 amide bonds. The van der Waals surface area contributed by atoms with Gasteiger partial charge in [-0.05, 0) is 61.6 Å². The average Bonchev–Trinajstić information content (AvgIpc) is 2.67. The van der Waals surface area contributed by atoms with Crippen LogP contribution in [0.4, 0.5) is 11.4 Å². The van der Waals surface area contributed by atoms with Gasteiger partial charge >= 0.3 is 0 Å². The highest BCUT2D eigenvalue weighted by molar-refractivity contribution is 7.89.